The highest BCUT2D eigenvalue weighted by atomic mass is 16.6. The Morgan fingerprint density at radius 3 is 2.94 bits per heavy atom. The fourth-order valence-corrected chi connectivity index (χ4v) is 1.31. The van der Waals surface area contributed by atoms with Gasteiger partial charge in [0.1, 0.15) is 17.1 Å². The van der Waals surface area contributed by atoms with Crippen molar-refractivity contribution in [3.8, 4) is 0 Å². The molecule has 18 heavy (non-hydrogen) atoms. The zero-order valence-corrected chi connectivity index (χ0v) is 9.28. The van der Waals surface area contributed by atoms with Crippen molar-refractivity contribution in [1.82, 2.24) is 20.5 Å². The summed E-state index contributed by atoms with van der Waals surface area (Å²) in [6, 6.07) is 1.94. The number of aromatic nitrogens is 3. The number of rotatable bonds is 4. The molecule has 0 saturated heterocycles. The van der Waals surface area contributed by atoms with Crippen molar-refractivity contribution in [3.05, 3.63) is 40.2 Å². The average molecular weight is 251 g/mol. The van der Waals surface area contributed by atoms with Crippen molar-refractivity contribution in [2.24, 2.45) is 0 Å². The SMILES string of the molecule is CC(NC(=O)c1ccc([N+](=O)[O-])o1)c1ncn[nH]1. The highest BCUT2D eigenvalue weighted by Gasteiger charge is 2.19. The summed E-state index contributed by atoms with van der Waals surface area (Å²) in [6.45, 7) is 1.69. The van der Waals surface area contributed by atoms with E-state index in [-0.39, 0.29) is 5.76 Å². The van der Waals surface area contributed by atoms with Crippen LogP contribution in [0, 0.1) is 10.1 Å². The number of nitrogens with one attached hydrogen (secondary N) is 2. The van der Waals surface area contributed by atoms with Gasteiger partial charge in [0, 0.05) is 0 Å². The smallest absolute Gasteiger partial charge is 0.395 e. The lowest BCUT2D eigenvalue weighted by atomic mass is 10.3. The second-order valence-electron chi connectivity index (χ2n) is 3.46. The molecule has 2 N–H and O–H groups in total. The van der Waals surface area contributed by atoms with Crippen molar-refractivity contribution in [3.63, 3.8) is 0 Å². The molecule has 0 saturated carbocycles. The molecule has 9 nitrogen and oxygen atoms in total. The molecule has 2 heterocycles. The molecule has 2 rings (SSSR count). The third kappa shape index (κ3) is 2.34. The summed E-state index contributed by atoms with van der Waals surface area (Å²) in [4.78, 5) is 25.3. The molecule has 0 radical (unpaired) electrons. The summed E-state index contributed by atoms with van der Waals surface area (Å²) in [6.07, 6.45) is 1.32. The van der Waals surface area contributed by atoms with E-state index >= 15 is 0 Å². The summed E-state index contributed by atoms with van der Waals surface area (Å²) in [5.41, 5.74) is 0. The van der Waals surface area contributed by atoms with Crippen LogP contribution in [0.3, 0.4) is 0 Å². The van der Waals surface area contributed by atoms with Gasteiger partial charge in [0.25, 0.3) is 5.91 Å². The van der Waals surface area contributed by atoms with Gasteiger partial charge >= 0.3 is 5.88 Å². The molecular weight excluding hydrogens is 242 g/mol. The Hall–Kier alpha value is -2.71. The van der Waals surface area contributed by atoms with Gasteiger partial charge in [0.05, 0.1) is 12.1 Å². The first-order chi connectivity index (χ1) is 8.58. The Morgan fingerprint density at radius 2 is 2.39 bits per heavy atom. The molecular formula is C9H9N5O4. The zero-order chi connectivity index (χ0) is 13.1. The molecule has 0 aliphatic rings. The Bertz CT molecular complexity index is 561. The number of carbonyl (C=O) groups is 1. The number of hydrogen-bond acceptors (Lipinski definition) is 6. The van der Waals surface area contributed by atoms with Crippen LogP contribution in [0.5, 0.6) is 0 Å². The third-order valence-electron chi connectivity index (χ3n) is 2.19. The number of H-pyrrole nitrogens is 1. The molecule has 1 atom stereocenters. The maximum Gasteiger partial charge on any atom is 0.433 e. The number of nitro groups is 1. The van der Waals surface area contributed by atoms with Gasteiger partial charge in [-0.2, -0.15) is 5.10 Å². The zero-order valence-electron chi connectivity index (χ0n) is 9.28. The molecule has 2 aromatic rings. The summed E-state index contributed by atoms with van der Waals surface area (Å²) in [7, 11) is 0. The van der Waals surface area contributed by atoms with Crippen molar-refractivity contribution in [2.45, 2.75) is 13.0 Å². The first-order valence-electron chi connectivity index (χ1n) is 4.98. The van der Waals surface area contributed by atoms with Gasteiger partial charge < -0.3 is 9.73 Å². The van der Waals surface area contributed by atoms with Crippen LogP contribution < -0.4 is 5.32 Å². The van der Waals surface area contributed by atoms with E-state index in [2.05, 4.69) is 20.5 Å². The average Bonchev–Trinajstić information content (AvgIpc) is 3.00. The van der Waals surface area contributed by atoms with Crippen molar-refractivity contribution >= 4 is 11.8 Å². The Morgan fingerprint density at radius 1 is 1.61 bits per heavy atom. The summed E-state index contributed by atoms with van der Waals surface area (Å²) in [5.74, 6) is -0.697. The van der Waals surface area contributed by atoms with Gasteiger partial charge in [-0.3, -0.25) is 20.0 Å². The van der Waals surface area contributed by atoms with E-state index in [9.17, 15) is 14.9 Å². The summed E-state index contributed by atoms with van der Waals surface area (Å²) in [5, 5.41) is 19.2. The molecule has 94 valence electrons. The van der Waals surface area contributed by atoms with Crippen molar-refractivity contribution < 1.29 is 14.1 Å². The molecule has 0 aromatic carbocycles. The van der Waals surface area contributed by atoms with E-state index in [0.717, 1.165) is 6.07 Å². The summed E-state index contributed by atoms with van der Waals surface area (Å²) >= 11 is 0. The van der Waals surface area contributed by atoms with Crippen LogP contribution in [-0.2, 0) is 0 Å². The van der Waals surface area contributed by atoms with Crippen molar-refractivity contribution in [2.75, 3.05) is 0 Å². The van der Waals surface area contributed by atoms with Crippen LogP contribution in [-0.4, -0.2) is 26.0 Å². The topological polar surface area (TPSA) is 127 Å². The van der Waals surface area contributed by atoms with Crippen LogP contribution >= 0.6 is 0 Å². The number of hydrogen-bond donors (Lipinski definition) is 2. The van der Waals surface area contributed by atoms with Crippen molar-refractivity contribution in [1.29, 1.82) is 0 Å². The monoisotopic (exact) mass is 251 g/mol. The van der Waals surface area contributed by atoms with E-state index < -0.39 is 22.8 Å². The van der Waals surface area contributed by atoms with Crippen LogP contribution in [0.1, 0.15) is 29.3 Å². The second-order valence-corrected chi connectivity index (χ2v) is 3.46. The van der Waals surface area contributed by atoms with E-state index in [4.69, 9.17) is 4.42 Å². The maximum absolute atomic E-state index is 11.7. The molecule has 1 amide bonds. The van der Waals surface area contributed by atoms with Gasteiger partial charge in [-0.25, -0.2) is 4.98 Å². The Labute approximate surface area is 100 Å². The minimum absolute atomic E-state index is 0.131. The van der Waals surface area contributed by atoms with Gasteiger partial charge in [-0.05, 0) is 13.0 Å². The predicted molar refractivity (Wildman–Crippen MR) is 57.6 cm³/mol. The highest BCUT2D eigenvalue weighted by Crippen LogP contribution is 2.16. The molecule has 2 aromatic heterocycles. The second kappa shape index (κ2) is 4.65. The van der Waals surface area contributed by atoms with Gasteiger partial charge in [-0.15, -0.1) is 0 Å². The number of amides is 1. The molecule has 0 fully saturated rings. The molecule has 0 spiro atoms. The lowest BCUT2D eigenvalue weighted by Gasteiger charge is -2.08. The number of nitrogens with zero attached hydrogens (tertiary/aromatic N) is 3. The minimum Gasteiger partial charge on any atom is -0.395 e. The quantitative estimate of drug-likeness (QED) is 0.611. The fourth-order valence-electron chi connectivity index (χ4n) is 1.31. The molecule has 0 aliphatic heterocycles. The predicted octanol–water partition coefficient (Wildman–Crippen LogP) is 0.797. The largest absolute Gasteiger partial charge is 0.433 e. The number of aromatic amines is 1. The fraction of sp³-hybridized carbons (Fsp3) is 0.222. The third-order valence-corrected chi connectivity index (χ3v) is 2.19. The van der Waals surface area contributed by atoms with E-state index in [1.54, 1.807) is 6.92 Å². The maximum atomic E-state index is 11.7. The Kier molecular flexibility index (Phi) is 3.04. The standard InChI is InChI=1S/C9H9N5O4/c1-5(8-10-4-11-13-8)12-9(15)6-2-3-7(18-6)14(16)17/h2-5H,1H3,(H,12,15)(H,10,11,13). The normalized spacial score (nSPS) is 12.1. The van der Waals surface area contributed by atoms with Crippen LogP contribution in [0.25, 0.3) is 0 Å². The van der Waals surface area contributed by atoms with Gasteiger partial charge in [0.15, 0.2) is 5.76 Å². The molecule has 1 unspecified atom stereocenters. The van der Waals surface area contributed by atoms with Crippen LogP contribution in [0.15, 0.2) is 22.9 Å². The lowest BCUT2D eigenvalue weighted by Crippen LogP contribution is -2.27. The molecule has 9 heteroatoms. The molecule has 0 bridgehead atoms. The lowest BCUT2D eigenvalue weighted by molar-refractivity contribution is -0.402. The van der Waals surface area contributed by atoms with Gasteiger partial charge in [0.2, 0.25) is 0 Å². The Balaban J connectivity index is 2.05. The number of furan rings is 1. The van der Waals surface area contributed by atoms with Crippen LogP contribution in [0.4, 0.5) is 5.88 Å². The van der Waals surface area contributed by atoms with Gasteiger partial charge in [-0.1, -0.05) is 0 Å². The first kappa shape index (κ1) is 11.8. The van der Waals surface area contributed by atoms with E-state index in [0.29, 0.717) is 5.82 Å². The molecule has 0 aliphatic carbocycles. The first-order valence-corrected chi connectivity index (χ1v) is 4.98. The number of carbonyl (C=O) groups excluding carboxylic acids is 1. The minimum atomic E-state index is -0.712. The van der Waals surface area contributed by atoms with E-state index in [1.165, 1.54) is 12.4 Å². The van der Waals surface area contributed by atoms with Crippen LogP contribution in [0.2, 0.25) is 0 Å². The van der Waals surface area contributed by atoms with E-state index in [1.807, 2.05) is 0 Å². The highest BCUT2D eigenvalue weighted by molar-refractivity contribution is 5.91. The summed E-state index contributed by atoms with van der Waals surface area (Å²) < 4.78 is 4.77.